The summed E-state index contributed by atoms with van der Waals surface area (Å²) in [6.45, 7) is -3.04. The first-order chi connectivity index (χ1) is 5.00. The number of rotatable bonds is 0. The summed E-state index contributed by atoms with van der Waals surface area (Å²) < 4.78 is 18.9. The Kier molecular flexibility index (Phi) is 5.71. The molecule has 0 aromatic carbocycles. The summed E-state index contributed by atoms with van der Waals surface area (Å²) in [7, 11) is 0. The minimum atomic E-state index is -3.04. The van der Waals surface area contributed by atoms with Gasteiger partial charge in [-0.25, -0.2) is 8.42 Å². The highest BCUT2D eigenvalue weighted by atomic mass is 79.9. The lowest BCUT2D eigenvalue weighted by atomic mass is 10.5. The Morgan fingerprint density at radius 1 is 1.00 bits per heavy atom. The van der Waals surface area contributed by atoms with Gasteiger partial charge in [0.2, 0.25) is 0 Å². The quantitative estimate of drug-likeness (QED) is 0.690. The maximum absolute atomic E-state index is 9.47. The van der Waals surface area contributed by atoms with Crippen molar-refractivity contribution in [2.24, 2.45) is 0 Å². The van der Waals surface area contributed by atoms with Crippen molar-refractivity contribution in [3.8, 4) is 0 Å². The van der Waals surface area contributed by atoms with E-state index in [1.54, 1.807) is 12.4 Å². The molecule has 0 unspecified atom stereocenters. The lowest BCUT2D eigenvalue weighted by Crippen LogP contribution is -1.60. The highest BCUT2D eigenvalue weighted by Crippen LogP contribution is 2.06. The lowest BCUT2D eigenvalue weighted by molar-refractivity contribution is 0.625. The maximum Gasteiger partial charge on any atom is 0.268 e. The Balaban J connectivity index is 0.000000187. The van der Waals surface area contributed by atoms with Gasteiger partial charge in [0.05, 0.1) is 29.6 Å². The third-order valence-electron chi connectivity index (χ3n) is 0.566. The fraction of sp³-hybridized carbons (Fsp3) is 0. The van der Waals surface area contributed by atoms with Crippen LogP contribution in [0.25, 0.3) is 0 Å². The van der Waals surface area contributed by atoms with Crippen LogP contribution >= 0.6 is 29.6 Å². The molecule has 6 heteroatoms. The Hall–Kier alpha value is 0.0600. The van der Waals surface area contributed by atoms with Crippen LogP contribution in [0.4, 0.5) is 0 Å². The van der Waals surface area contributed by atoms with Crippen LogP contribution in [0.5, 0.6) is 0 Å². The molecule has 0 saturated heterocycles. The molecule has 1 heterocycles. The van der Waals surface area contributed by atoms with Gasteiger partial charge in [-0.05, 0) is 12.1 Å². The van der Waals surface area contributed by atoms with Crippen LogP contribution in [0.2, 0.25) is 0 Å². The molecule has 0 amide bonds. The molecule has 1 aromatic rings. The van der Waals surface area contributed by atoms with Gasteiger partial charge in [0.15, 0.2) is 0 Å². The second-order valence-corrected chi connectivity index (χ2v) is 9.88. The number of pyridine rings is 1. The van der Waals surface area contributed by atoms with E-state index in [9.17, 15) is 8.42 Å². The zero-order valence-electron chi connectivity index (χ0n) is 5.31. The van der Waals surface area contributed by atoms with Crippen molar-refractivity contribution in [2.75, 3.05) is 0 Å². The maximum atomic E-state index is 9.47. The molecule has 0 atom stereocenters. The van der Waals surface area contributed by atoms with E-state index >= 15 is 0 Å². The van der Waals surface area contributed by atoms with E-state index in [2.05, 4.69) is 34.6 Å². The Morgan fingerprint density at radius 2 is 1.36 bits per heavy atom. The van der Waals surface area contributed by atoms with E-state index < -0.39 is 6.70 Å². The first-order valence-electron chi connectivity index (χ1n) is 2.49. The molecular formula is C5H5Br2NO2S. The van der Waals surface area contributed by atoms with Crippen molar-refractivity contribution >= 4 is 36.3 Å². The smallest absolute Gasteiger partial charge is 0.265 e. The van der Waals surface area contributed by atoms with Crippen LogP contribution in [0.15, 0.2) is 30.6 Å². The van der Waals surface area contributed by atoms with Gasteiger partial charge in [-0.3, -0.25) is 4.98 Å². The van der Waals surface area contributed by atoms with E-state index in [0.29, 0.717) is 0 Å². The normalized spacial score (nSPS) is 9.64. The summed E-state index contributed by atoms with van der Waals surface area (Å²) in [6.07, 6.45) is 3.50. The average molecular weight is 303 g/mol. The summed E-state index contributed by atoms with van der Waals surface area (Å²) in [6, 6.07) is 5.72. The van der Waals surface area contributed by atoms with Gasteiger partial charge in [0.1, 0.15) is 0 Å². The molecule has 0 saturated carbocycles. The van der Waals surface area contributed by atoms with Gasteiger partial charge < -0.3 is 0 Å². The summed E-state index contributed by atoms with van der Waals surface area (Å²) in [5, 5.41) is 0. The van der Waals surface area contributed by atoms with Crippen molar-refractivity contribution < 1.29 is 8.42 Å². The second kappa shape index (κ2) is 5.68. The molecular weight excluding hydrogens is 298 g/mol. The molecule has 0 radical (unpaired) electrons. The number of aromatic nitrogens is 1. The minimum Gasteiger partial charge on any atom is -0.265 e. The fourth-order valence-corrected chi connectivity index (χ4v) is 0.313. The van der Waals surface area contributed by atoms with Crippen LogP contribution in [0.1, 0.15) is 0 Å². The molecule has 0 aliphatic rings. The van der Waals surface area contributed by atoms with Gasteiger partial charge in [0.25, 0.3) is 6.70 Å². The van der Waals surface area contributed by atoms with Gasteiger partial charge in [-0.1, -0.05) is 6.07 Å². The average Bonchev–Trinajstić information content (AvgIpc) is 1.88. The standard InChI is InChI=1S/C5H5N.Br2O2S/c1-2-4-6-5-3-1;1-5(2,3)4/h1-5H;. The Bertz CT molecular complexity index is 239. The predicted molar refractivity (Wildman–Crippen MR) is 51.0 cm³/mol. The van der Waals surface area contributed by atoms with Crippen molar-refractivity contribution in [1.82, 2.24) is 4.98 Å². The molecule has 0 N–H and O–H groups in total. The number of hydrogen-bond donors (Lipinski definition) is 0. The van der Waals surface area contributed by atoms with E-state index in [4.69, 9.17) is 0 Å². The summed E-state index contributed by atoms with van der Waals surface area (Å²) >= 11 is 4.53. The first kappa shape index (κ1) is 11.1. The monoisotopic (exact) mass is 301 g/mol. The van der Waals surface area contributed by atoms with Crippen LogP contribution in [-0.2, 0) is 6.70 Å². The molecule has 0 aliphatic heterocycles. The van der Waals surface area contributed by atoms with Gasteiger partial charge in [-0.15, -0.1) is 0 Å². The van der Waals surface area contributed by atoms with E-state index in [0.717, 1.165) is 0 Å². The molecule has 3 nitrogen and oxygen atoms in total. The SMILES string of the molecule is O=S(=O)(Br)Br.c1ccncc1. The molecule has 1 aromatic heterocycles. The third kappa shape index (κ3) is 17.8. The van der Waals surface area contributed by atoms with Crippen LogP contribution in [-0.4, -0.2) is 13.4 Å². The second-order valence-electron chi connectivity index (χ2n) is 1.40. The summed E-state index contributed by atoms with van der Waals surface area (Å²) in [4.78, 5) is 3.78. The zero-order chi connectivity index (χ0) is 8.74. The first-order valence-corrected chi connectivity index (χ1v) is 7.66. The van der Waals surface area contributed by atoms with Crippen molar-refractivity contribution in [3.05, 3.63) is 30.6 Å². The summed E-state index contributed by atoms with van der Waals surface area (Å²) in [5.74, 6) is 0. The molecule has 11 heavy (non-hydrogen) atoms. The van der Waals surface area contributed by atoms with E-state index in [1.807, 2.05) is 18.2 Å². The Labute approximate surface area is 80.2 Å². The minimum absolute atomic E-state index is 1.75. The number of nitrogens with zero attached hydrogens (tertiary/aromatic N) is 1. The Morgan fingerprint density at radius 3 is 1.45 bits per heavy atom. The molecule has 0 spiro atoms. The van der Waals surface area contributed by atoms with Crippen molar-refractivity contribution in [3.63, 3.8) is 0 Å². The van der Waals surface area contributed by atoms with Gasteiger partial charge in [-0.2, -0.15) is 0 Å². The number of hydrogen-bond acceptors (Lipinski definition) is 3. The lowest BCUT2D eigenvalue weighted by Gasteiger charge is -1.70. The van der Waals surface area contributed by atoms with E-state index in [-0.39, 0.29) is 0 Å². The van der Waals surface area contributed by atoms with E-state index in [1.165, 1.54) is 0 Å². The summed E-state index contributed by atoms with van der Waals surface area (Å²) in [5.41, 5.74) is 0. The molecule has 1 rings (SSSR count). The van der Waals surface area contributed by atoms with Gasteiger partial charge in [0, 0.05) is 12.4 Å². The van der Waals surface area contributed by atoms with Crippen molar-refractivity contribution in [1.29, 1.82) is 0 Å². The predicted octanol–water partition coefficient (Wildman–Crippen LogP) is 2.10. The highest BCUT2D eigenvalue weighted by Gasteiger charge is 1.87. The fourth-order valence-electron chi connectivity index (χ4n) is 0.313. The highest BCUT2D eigenvalue weighted by molar-refractivity contribution is 9.79. The molecule has 0 aliphatic carbocycles. The van der Waals surface area contributed by atoms with Crippen molar-refractivity contribution in [2.45, 2.75) is 0 Å². The van der Waals surface area contributed by atoms with Crippen LogP contribution in [0, 0.1) is 0 Å². The molecule has 0 fully saturated rings. The third-order valence-corrected chi connectivity index (χ3v) is 0.566. The zero-order valence-corrected chi connectivity index (χ0v) is 9.30. The largest absolute Gasteiger partial charge is 0.268 e. The van der Waals surface area contributed by atoms with Crippen LogP contribution < -0.4 is 0 Å². The molecule has 62 valence electrons. The number of halogens is 2. The van der Waals surface area contributed by atoms with Crippen LogP contribution in [0.3, 0.4) is 0 Å². The topological polar surface area (TPSA) is 47.0 Å². The molecule has 0 bridgehead atoms. The van der Waals surface area contributed by atoms with Gasteiger partial charge >= 0.3 is 0 Å².